The van der Waals surface area contributed by atoms with Crippen molar-refractivity contribution in [2.75, 3.05) is 13.2 Å². The molecule has 1 fully saturated rings. The highest BCUT2D eigenvalue weighted by atomic mass is 16.5. The van der Waals surface area contributed by atoms with E-state index in [-0.39, 0.29) is 19.6 Å². The Morgan fingerprint density at radius 1 is 1.11 bits per heavy atom. The second-order valence-corrected chi connectivity index (χ2v) is 7.18. The van der Waals surface area contributed by atoms with Crippen LogP contribution in [-0.2, 0) is 4.74 Å². The van der Waals surface area contributed by atoms with Crippen molar-refractivity contribution in [1.82, 2.24) is 10.6 Å². The van der Waals surface area contributed by atoms with Gasteiger partial charge in [-0.1, -0.05) is 19.8 Å². The third-order valence-electron chi connectivity index (χ3n) is 5.05. The molecule has 9 heteroatoms. The molecule has 0 saturated heterocycles. The zero-order valence-electron chi connectivity index (χ0n) is 16.3. The van der Waals surface area contributed by atoms with E-state index in [1.165, 1.54) is 0 Å². The number of aliphatic hydroxyl groups is 5. The number of rotatable bonds is 9. The maximum Gasteiger partial charge on any atom is 0.407 e. The summed E-state index contributed by atoms with van der Waals surface area (Å²) >= 11 is 0. The molecule has 1 amide bonds. The number of nitrogens with one attached hydrogen (secondary N) is 2. The van der Waals surface area contributed by atoms with Gasteiger partial charge in [0.05, 0.1) is 37.1 Å². The number of amides is 1. The number of carbonyl (C=O) groups is 1. The van der Waals surface area contributed by atoms with Gasteiger partial charge in [-0.2, -0.15) is 0 Å². The molecular weight excluding hydrogens is 356 g/mol. The zero-order valence-corrected chi connectivity index (χ0v) is 16.3. The van der Waals surface area contributed by atoms with Crippen LogP contribution >= 0.6 is 0 Å². The fraction of sp³-hybridized carbons (Fsp3) is 0.944. The first-order valence-electron chi connectivity index (χ1n) is 9.87. The van der Waals surface area contributed by atoms with E-state index in [0.29, 0.717) is 19.3 Å². The maximum absolute atomic E-state index is 11.8. The van der Waals surface area contributed by atoms with Crippen molar-refractivity contribution in [3.05, 3.63) is 0 Å². The van der Waals surface area contributed by atoms with Gasteiger partial charge in [0.1, 0.15) is 6.10 Å². The molecule has 1 aliphatic rings. The Bertz CT molecular complexity index is 427. The highest BCUT2D eigenvalue weighted by molar-refractivity contribution is 5.67. The van der Waals surface area contributed by atoms with Crippen LogP contribution in [0.3, 0.4) is 0 Å². The van der Waals surface area contributed by atoms with Gasteiger partial charge in [-0.25, -0.2) is 4.79 Å². The van der Waals surface area contributed by atoms with Crippen molar-refractivity contribution in [3.8, 4) is 0 Å². The smallest absolute Gasteiger partial charge is 0.407 e. The van der Waals surface area contributed by atoms with E-state index in [4.69, 9.17) is 4.74 Å². The SMILES string of the molecule is CCOC(=O)NC(CNC1CCCCC(O)C(O)C1O)C(O)CC(O)CC. The average molecular weight is 392 g/mol. The summed E-state index contributed by atoms with van der Waals surface area (Å²) in [7, 11) is 0. The van der Waals surface area contributed by atoms with E-state index in [1.807, 2.05) is 0 Å². The molecule has 0 aromatic heterocycles. The molecule has 0 heterocycles. The lowest BCUT2D eigenvalue weighted by Gasteiger charge is -2.34. The monoisotopic (exact) mass is 392 g/mol. The third-order valence-corrected chi connectivity index (χ3v) is 5.05. The van der Waals surface area contributed by atoms with Crippen LogP contribution in [0.15, 0.2) is 0 Å². The lowest BCUT2D eigenvalue weighted by molar-refractivity contribution is -0.0817. The van der Waals surface area contributed by atoms with Crippen LogP contribution in [0.5, 0.6) is 0 Å². The largest absolute Gasteiger partial charge is 0.450 e. The van der Waals surface area contributed by atoms with Crippen LogP contribution in [0.1, 0.15) is 52.4 Å². The molecule has 160 valence electrons. The van der Waals surface area contributed by atoms with Crippen molar-refractivity contribution in [2.45, 2.75) is 95.0 Å². The van der Waals surface area contributed by atoms with Crippen LogP contribution < -0.4 is 10.6 Å². The molecule has 9 nitrogen and oxygen atoms in total. The number of hydrogen-bond donors (Lipinski definition) is 7. The molecule has 0 aromatic rings. The van der Waals surface area contributed by atoms with Crippen molar-refractivity contribution >= 4 is 6.09 Å². The predicted molar refractivity (Wildman–Crippen MR) is 99.1 cm³/mol. The molecule has 0 aliphatic heterocycles. The highest BCUT2D eigenvalue weighted by Gasteiger charge is 2.33. The van der Waals surface area contributed by atoms with Gasteiger partial charge >= 0.3 is 6.09 Å². The molecule has 7 N–H and O–H groups in total. The van der Waals surface area contributed by atoms with Crippen LogP contribution in [0.25, 0.3) is 0 Å². The minimum Gasteiger partial charge on any atom is -0.450 e. The third kappa shape index (κ3) is 8.28. The van der Waals surface area contributed by atoms with Gasteiger partial charge in [-0.15, -0.1) is 0 Å². The minimum atomic E-state index is -1.26. The topological polar surface area (TPSA) is 152 Å². The van der Waals surface area contributed by atoms with Crippen LogP contribution in [0.4, 0.5) is 4.79 Å². The Balaban J connectivity index is 2.72. The second kappa shape index (κ2) is 12.5. The van der Waals surface area contributed by atoms with Crippen molar-refractivity contribution in [2.24, 2.45) is 0 Å². The average Bonchev–Trinajstić information content (AvgIpc) is 2.64. The highest BCUT2D eigenvalue weighted by Crippen LogP contribution is 2.19. The first-order valence-corrected chi connectivity index (χ1v) is 9.87. The van der Waals surface area contributed by atoms with Gasteiger partial charge in [-0.05, 0) is 26.2 Å². The van der Waals surface area contributed by atoms with Gasteiger partial charge in [0, 0.05) is 19.0 Å². The van der Waals surface area contributed by atoms with Crippen LogP contribution in [-0.4, -0.2) is 87.4 Å². The predicted octanol–water partition coefficient (Wildman–Crippen LogP) is -0.762. The molecule has 0 bridgehead atoms. The summed E-state index contributed by atoms with van der Waals surface area (Å²) in [6, 6.07) is -1.24. The number of alkyl carbamates (subject to hydrolysis) is 1. The summed E-state index contributed by atoms with van der Waals surface area (Å²) < 4.78 is 4.86. The summed E-state index contributed by atoms with van der Waals surface area (Å²) in [5.74, 6) is 0. The minimum absolute atomic E-state index is 0.0871. The molecule has 0 aromatic carbocycles. The Morgan fingerprint density at radius 2 is 1.78 bits per heavy atom. The van der Waals surface area contributed by atoms with Crippen molar-refractivity contribution in [1.29, 1.82) is 0 Å². The summed E-state index contributed by atoms with van der Waals surface area (Å²) in [6.07, 6.45) is -2.71. The summed E-state index contributed by atoms with van der Waals surface area (Å²) in [5.41, 5.74) is 0. The fourth-order valence-electron chi connectivity index (χ4n) is 3.24. The van der Waals surface area contributed by atoms with Crippen LogP contribution in [0, 0.1) is 0 Å². The lowest BCUT2D eigenvalue weighted by atomic mass is 9.90. The number of aliphatic hydroxyl groups excluding tert-OH is 5. The standard InChI is InChI=1S/C18H36N2O7/c1-3-11(21)9-15(23)13(20-18(26)27-4-2)10-19-12-7-5-6-8-14(22)17(25)16(12)24/h11-17,19,21-25H,3-10H2,1-2H3,(H,20,26). The number of hydrogen-bond acceptors (Lipinski definition) is 8. The van der Waals surface area contributed by atoms with Gasteiger partial charge in [0.25, 0.3) is 0 Å². The first kappa shape index (κ1) is 24.1. The molecule has 1 saturated carbocycles. The Labute approximate surface area is 160 Å². The van der Waals surface area contributed by atoms with Gasteiger partial charge in [-0.3, -0.25) is 0 Å². The fourth-order valence-corrected chi connectivity index (χ4v) is 3.24. The number of carbonyl (C=O) groups excluding carboxylic acids is 1. The Kier molecular flexibility index (Phi) is 11.1. The molecular formula is C18H36N2O7. The van der Waals surface area contributed by atoms with E-state index >= 15 is 0 Å². The van der Waals surface area contributed by atoms with E-state index < -0.39 is 48.7 Å². The number of ether oxygens (including phenoxy) is 1. The zero-order chi connectivity index (χ0) is 20.4. The van der Waals surface area contributed by atoms with E-state index in [2.05, 4.69) is 10.6 Å². The first-order chi connectivity index (χ1) is 12.8. The maximum atomic E-state index is 11.8. The van der Waals surface area contributed by atoms with Gasteiger partial charge in [0.2, 0.25) is 0 Å². The quantitative estimate of drug-likeness (QED) is 0.270. The summed E-state index contributed by atoms with van der Waals surface area (Å²) in [4.78, 5) is 11.8. The summed E-state index contributed by atoms with van der Waals surface area (Å²) in [5, 5.41) is 56.1. The molecule has 7 atom stereocenters. The molecule has 27 heavy (non-hydrogen) atoms. The molecule has 1 rings (SSSR count). The van der Waals surface area contributed by atoms with Crippen molar-refractivity contribution in [3.63, 3.8) is 0 Å². The second-order valence-electron chi connectivity index (χ2n) is 7.18. The molecule has 1 aliphatic carbocycles. The van der Waals surface area contributed by atoms with Gasteiger partial charge in [0.15, 0.2) is 0 Å². The normalized spacial score (nSPS) is 29.9. The van der Waals surface area contributed by atoms with E-state index in [9.17, 15) is 30.3 Å². The van der Waals surface area contributed by atoms with E-state index in [1.54, 1.807) is 13.8 Å². The molecule has 0 radical (unpaired) electrons. The lowest BCUT2D eigenvalue weighted by Crippen LogP contribution is -2.56. The van der Waals surface area contributed by atoms with Crippen LogP contribution in [0.2, 0.25) is 0 Å². The Morgan fingerprint density at radius 3 is 2.41 bits per heavy atom. The summed E-state index contributed by atoms with van der Waals surface area (Å²) in [6.45, 7) is 3.76. The van der Waals surface area contributed by atoms with Crippen molar-refractivity contribution < 1.29 is 35.1 Å². The Hall–Kier alpha value is -0.970. The van der Waals surface area contributed by atoms with E-state index in [0.717, 1.165) is 12.8 Å². The van der Waals surface area contributed by atoms with Gasteiger partial charge < -0.3 is 40.9 Å². The molecule has 7 unspecified atom stereocenters. The molecule has 0 spiro atoms.